The van der Waals surface area contributed by atoms with Crippen molar-refractivity contribution in [3.05, 3.63) is 0 Å². The average Bonchev–Trinajstić information content (AvgIpc) is 2.16. The first-order valence-corrected chi connectivity index (χ1v) is 7.07. The van der Waals surface area contributed by atoms with Crippen LogP contribution in [-0.2, 0) is 23.1 Å². The third kappa shape index (κ3) is 8.14. The second kappa shape index (κ2) is 8.46. The van der Waals surface area contributed by atoms with Gasteiger partial charge in [-0.1, -0.05) is 46.3 Å². The number of carbonyl (C=O) groups excluding carboxylic acids is 1. The van der Waals surface area contributed by atoms with Crippen molar-refractivity contribution in [2.75, 3.05) is 6.61 Å². The van der Waals surface area contributed by atoms with Crippen LogP contribution in [0.1, 0.15) is 26.7 Å². The fourth-order valence-electron chi connectivity index (χ4n) is 0.745. The molecule has 2 atom stereocenters. The Balaban J connectivity index is 4.45. The molecule has 9 heteroatoms. The summed E-state index contributed by atoms with van der Waals surface area (Å²) in [4.78, 5) is 11.2. The summed E-state index contributed by atoms with van der Waals surface area (Å²) in [7, 11) is -2.50. The first kappa shape index (κ1) is 17.4. The molecule has 2 unspecified atom stereocenters. The highest BCUT2D eigenvalue weighted by Gasteiger charge is 2.44. The highest BCUT2D eigenvalue weighted by atomic mass is 35.6. The van der Waals surface area contributed by atoms with E-state index in [1.165, 1.54) is 0 Å². The van der Waals surface area contributed by atoms with Crippen molar-refractivity contribution in [2.24, 2.45) is 0 Å². The quantitative estimate of drug-likeness (QED) is 0.309. The number of halogens is 3. The highest BCUT2D eigenvalue weighted by Crippen LogP contribution is 2.39. The van der Waals surface area contributed by atoms with Crippen LogP contribution in [-0.4, -0.2) is 22.7 Å². The average molecular weight is 327 g/mol. The zero-order chi connectivity index (χ0) is 13.5. The van der Waals surface area contributed by atoms with Gasteiger partial charge in [-0.2, -0.15) is 0 Å². The molecule has 0 heterocycles. The van der Waals surface area contributed by atoms with Crippen molar-refractivity contribution >= 4 is 49.0 Å². The molecule has 0 fully saturated rings. The zero-order valence-electron chi connectivity index (χ0n) is 9.32. The molecule has 0 aromatic heterocycles. The summed E-state index contributed by atoms with van der Waals surface area (Å²) in [6, 6.07) is 0. The molecule has 0 spiro atoms. The number of hydrogen-bond donors (Lipinski definition) is 0. The lowest BCUT2D eigenvalue weighted by molar-refractivity contribution is -0.163. The van der Waals surface area contributed by atoms with E-state index in [9.17, 15) is 9.36 Å². The van der Waals surface area contributed by atoms with Gasteiger partial charge in [0.1, 0.15) is 6.61 Å². The Morgan fingerprint density at radius 2 is 1.94 bits per heavy atom. The number of esters is 1. The van der Waals surface area contributed by atoms with E-state index in [0.29, 0.717) is 6.42 Å². The van der Waals surface area contributed by atoms with Crippen LogP contribution in [0.2, 0.25) is 0 Å². The van der Waals surface area contributed by atoms with Gasteiger partial charge in [-0.05, 0) is 13.3 Å². The van der Waals surface area contributed by atoms with Crippen LogP contribution in [0.5, 0.6) is 0 Å². The van der Waals surface area contributed by atoms with E-state index in [0.717, 1.165) is 0 Å². The fraction of sp³-hybridized carbons (Fsp3) is 0.875. The smallest absolute Gasteiger partial charge is 0.426 e. The van der Waals surface area contributed by atoms with Crippen LogP contribution in [0, 0.1) is 0 Å². The van der Waals surface area contributed by atoms with E-state index >= 15 is 0 Å². The molecule has 0 amide bonds. The van der Waals surface area contributed by atoms with Crippen molar-refractivity contribution < 1.29 is 23.1 Å². The predicted octanol–water partition coefficient (Wildman–Crippen LogP) is 3.74. The van der Waals surface area contributed by atoms with E-state index in [-0.39, 0.29) is 13.0 Å². The molecule has 0 rings (SSSR count). The molecule has 0 aliphatic rings. The number of hydrogen-bond acceptors (Lipinski definition) is 5. The van der Waals surface area contributed by atoms with E-state index in [4.69, 9.17) is 44.1 Å². The molecule has 100 valence electrons. The van der Waals surface area contributed by atoms with Gasteiger partial charge in [0.05, 0.1) is 0 Å². The van der Waals surface area contributed by atoms with Gasteiger partial charge in [0, 0.05) is 11.0 Å². The summed E-state index contributed by atoms with van der Waals surface area (Å²) < 4.78 is 23.2. The molecule has 0 aliphatic carbocycles. The van der Waals surface area contributed by atoms with Gasteiger partial charge in [-0.25, -0.2) is 0 Å². The van der Waals surface area contributed by atoms with Gasteiger partial charge in [0.15, 0.2) is 0 Å². The summed E-state index contributed by atoms with van der Waals surface area (Å²) in [5, 5.41) is 0. The van der Waals surface area contributed by atoms with Gasteiger partial charge in [0.25, 0.3) is 3.79 Å². The van der Waals surface area contributed by atoms with Crippen molar-refractivity contribution in [2.45, 2.75) is 36.8 Å². The van der Waals surface area contributed by atoms with Gasteiger partial charge in [-0.3, -0.25) is 4.79 Å². The Morgan fingerprint density at radius 3 is 2.35 bits per heavy atom. The summed E-state index contributed by atoms with van der Waals surface area (Å²) in [6.45, 7) is 3.56. The van der Waals surface area contributed by atoms with Crippen molar-refractivity contribution in [1.29, 1.82) is 0 Å². The Kier molecular flexibility index (Phi) is 8.64. The van der Waals surface area contributed by atoms with E-state index in [1.807, 2.05) is 0 Å². The summed E-state index contributed by atoms with van der Waals surface area (Å²) in [5.41, 5.74) is 0. The maximum absolute atomic E-state index is 11.2. The molecule has 5 nitrogen and oxygen atoms in total. The molecular weight excluding hydrogens is 313 g/mol. The monoisotopic (exact) mass is 325 g/mol. The minimum atomic E-state index is -2.50. The molecule has 0 radical (unpaired) electrons. The highest BCUT2D eigenvalue weighted by molar-refractivity contribution is 7.33. The minimum absolute atomic E-state index is 0.145. The SMILES string of the molecule is CCCC(=O)OC(O[P+](=O)OCC)C(Cl)(Cl)Cl. The van der Waals surface area contributed by atoms with E-state index in [2.05, 4.69) is 4.52 Å². The number of rotatable bonds is 7. The largest absolute Gasteiger partial charge is 0.701 e. The molecular formula is C8H13Cl3O5P+. The summed E-state index contributed by atoms with van der Waals surface area (Å²) in [5.74, 6) is -0.608. The van der Waals surface area contributed by atoms with E-state index in [1.54, 1.807) is 13.8 Å². The van der Waals surface area contributed by atoms with Crippen molar-refractivity contribution in [3.63, 3.8) is 0 Å². The maximum atomic E-state index is 11.2. The van der Waals surface area contributed by atoms with Gasteiger partial charge in [-0.15, -0.1) is 4.52 Å². The Labute approximate surface area is 116 Å². The summed E-state index contributed by atoms with van der Waals surface area (Å²) >= 11 is 16.6. The normalized spacial score (nSPS) is 14.3. The second-order valence-electron chi connectivity index (χ2n) is 2.86. The molecule has 0 bridgehead atoms. The number of alkyl halides is 3. The van der Waals surface area contributed by atoms with Crippen LogP contribution in [0.25, 0.3) is 0 Å². The lowest BCUT2D eigenvalue weighted by Crippen LogP contribution is -2.32. The molecule has 0 aromatic rings. The van der Waals surface area contributed by atoms with E-state index < -0.39 is 24.3 Å². The van der Waals surface area contributed by atoms with Crippen molar-refractivity contribution in [3.8, 4) is 0 Å². The van der Waals surface area contributed by atoms with Crippen LogP contribution >= 0.6 is 43.1 Å². The topological polar surface area (TPSA) is 61.8 Å². The molecule has 17 heavy (non-hydrogen) atoms. The first-order valence-electron chi connectivity index (χ1n) is 4.84. The fourth-order valence-corrected chi connectivity index (χ4v) is 1.83. The molecule has 0 aromatic carbocycles. The lowest BCUT2D eigenvalue weighted by Gasteiger charge is -2.18. The Bertz CT molecular complexity index is 248. The third-order valence-corrected chi connectivity index (χ3v) is 2.74. The van der Waals surface area contributed by atoms with Crippen molar-refractivity contribution in [1.82, 2.24) is 0 Å². The standard InChI is InChI=1S/C8H13Cl3O5P/c1-3-5-6(12)15-7(8(9,10)11)16-17(13)14-4-2/h7H,3-5H2,1-2H3/q+1. The molecule has 0 saturated heterocycles. The van der Waals surface area contributed by atoms with Crippen LogP contribution < -0.4 is 0 Å². The molecule has 0 N–H and O–H groups in total. The van der Waals surface area contributed by atoms with Crippen LogP contribution in [0.3, 0.4) is 0 Å². The maximum Gasteiger partial charge on any atom is 0.701 e. The Hall–Kier alpha value is 0.360. The van der Waals surface area contributed by atoms with Gasteiger partial charge < -0.3 is 4.74 Å². The number of ether oxygens (including phenoxy) is 1. The second-order valence-corrected chi connectivity index (χ2v) is 6.15. The van der Waals surface area contributed by atoms with Gasteiger partial charge in [0.2, 0.25) is 0 Å². The third-order valence-electron chi connectivity index (χ3n) is 1.38. The summed E-state index contributed by atoms with van der Waals surface area (Å²) in [6.07, 6.45) is -0.851. The van der Waals surface area contributed by atoms with Crippen LogP contribution in [0.4, 0.5) is 0 Å². The molecule has 0 saturated carbocycles. The Morgan fingerprint density at radius 1 is 1.35 bits per heavy atom. The lowest BCUT2D eigenvalue weighted by atomic mass is 10.3. The minimum Gasteiger partial charge on any atom is -0.426 e. The van der Waals surface area contributed by atoms with Gasteiger partial charge >= 0.3 is 20.5 Å². The zero-order valence-corrected chi connectivity index (χ0v) is 12.5. The molecule has 0 aliphatic heterocycles. The van der Waals surface area contributed by atoms with Crippen LogP contribution in [0.15, 0.2) is 0 Å². The number of carbonyl (C=O) groups is 1. The predicted molar refractivity (Wildman–Crippen MR) is 65.4 cm³/mol. The first-order chi connectivity index (χ1) is 7.81.